The Labute approximate surface area is 118 Å². The molecule has 1 rings (SSSR count). The van der Waals surface area contributed by atoms with Crippen molar-refractivity contribution >= 4 is 17.8 Å². The molecule has 1 heterocycles. The first-order valence-electron chi connectivity index (χ1n) is 6.55. The molecule has 1 saturated heterocycles. The number of hydrogen-bond acceptors (Lipinski definition) is 6. The Morgan fingerprint density at radius 2 is 1.95 bits per heavy atom. The van der Waals surface area contributed by atoms with E-state index in [1.165, 1.54) is 7.11 Å². The van der Waals surface area contributed by atoms with Crippen LogP contribution in [0, 0.1) is 0 Å². The van der Waals surface area contributed by atoms with Crippen LogP contribution in [0.5, 0.6) is 0 Å². The molecule has 20 heavy (non-hydrogen) atoms. The van der Waals surface area contributed by atoms with Gasteiger partial charge < -0.3 is 14.8 Å². The number of methoxy groups -OCH3 is 1. The lowest BCUT2D eigenvalue weighted by Gasteiger charge is -2.25. The number of hydrogen-bond donors (Lipinski definition) is 2. The first-order chi connectivity index (χ1) is 9.21. The van der Waals surface area contributed by atoms with Gasteiger partial charge in [0.15, 0.2) is 11.3 Å². The topological polar surface area (TPSA) is 93.7 Å². The van der Waals surface area contributed by atoms with Crippen LogP contribution < -0.4 is 10.6 Å². The monoisotopic (exact) mass is 286 g/mol. The Balaban J connectivity index is 2.60. The van der Waals surface area contributed by atoms with Crippen molar-refractivity contribution < 1.29 is 23.9 Å². The van der Waals surface area contributed by atoms with Gasteiger partial charge in [-0.05, 0) is 40.2 Å². The van der Waals surface area contributed by atoms with E-state index in [1.54, 1.807) is 20.8 Å². The van der Waals surface area contributed by atoms with Crippen molar-refractivity contribution in [3.8, 4) is 0 Å². The average molecular weight is 286 g/mol. The minimum Gasteiger partial charge on any atom is -0.467 e. The number of carbonyl (C=O) groups excluding carboxylic acids is 3. The van der Waals surface area contributed by atoms with Crippen molar-refractivity contribution in [1.29, 1.82) is 0 Å². The summed E-state index contributed by atoms with van der Waals surface area (Å²) in [4.78, 5) is 35.5. The molecule has 0 aromatic heterocycles. The normalized spacial score (nSPS) is 22.2. The van der Waals surface area contributed by atoms with E-state index in [0.717, 1.165) is 0 Å². The molecule has 1 fully saturated rings. The molecule has 1 aliphatic heterocycles. The summed E-state index contributed by atoms with van der Waals surface area (Å²) < 4.78 is 9.71. The molecule has 0 saturated carbocycles. The SMILES string of the molecule is COC(=O)C1(C(=O)CNC(=O)OC(C)(C)C)CCCN1. The highest BCUT2D eigenvalue weighted by atomic mass is 16.6. The standard InChI is InChI=1S/C13H22N2O5/c1-12(2,3)20-11(18)14-8-9(16)13(10(17)19-4)6-5-7-15-13/h15H,5-8H2,1-4H3,(H,14,18). The highest BCUT2D eigenvalue weighted by Crippen LogP contribution is 2.22. The molecule has 7 nitrogen and oxygen atoms in total. The summed E-state index contributed by atoms with van der Waals surface area (Å²) in [6, 6.07) is 0. The Kier molecular flexibility index (Phi) is 5.10. The molecule has 1 amide bonds. The third kappa shape index (κ3) is 3.93. The van der Waals surface area contributed by atoms with Gasteiger partial charge in [0.1, 0.15) is 5.60 Å². The number of ether oxygens (including phenoxy) is 2. The Hall–Kier alpha value is -1.63. The molecule has 1 aliphatic rings. The van der Waals surface area contributed by atoms with E-state index >= 15 is 0 Å². The van der Waals surface area contributed by atoms with Crippen LogP contribution in [0.3, 0.4) is 0 Å². The van der Waals surface area contributed by atoms with Crippen LogP contribution in [0.1, 0.15) is 33.6 Å². The second-order valence-corrected chi connectivity index (χ2v) is 5.71. The summed E-state index contributed by atoms with van der Waals surface area (Å²) in [5, 5.41) is 5.24. The van der Waals surface area contributed by atoms with E-state index in [-0.39, 0.29) is 6.54 Å². The van der Waals surface area contributed by atoms with Crippen LogP contribution in [0.4, 0.5) is 4.79 Å². The van der Waals surface area contributed by atoms with E-state index in [9.17, 15) is 14.4 Å². The van der Waals surface area contributed by atoms with Gasteiger partial charge in [-0.2, -0.15) is 0 Å². The van der Waals surface area contributed by atoms with Gasteiger partial charge >= 0.3 is 12.1 Å². The maximum Gasteiger partial charge on any atom is 0.408 e. The van der Waals surface area contributed by atoms with E-state index in [1.807, 2.05) is 0 Å². The number of Topliss-reactive ketones (excluding diaryl/α,β-unsaturated/α-hetero) is 1. The molecular formula is C13H22N2O5. The molecule has 0 spiro atoms. The average Bonchev–Trinajstić information content (AvgIpc) is 2.83. The molecule has 0 aromatic carbocycles. The summed E-state index contributed by atoms with van der Waals surface area (Å²) in [5.41, 5.74) is -1.98. The van der Waals surface area contributed by atoms with Gasteiger partial charge in [0, 0.05) is 0 Å². The zero-order valence-electron chi connectivity index (χ0n) is 12.4. The van der Waals surface area contributed by atoms with Crippen LogP contribution in [0.25, 0.3) is 0 Å². The van der Waals surface area contributed by atoms with Gasteiger partial charge in [-0.25, -0.2) is 9.59 Å². The van der Waals surface area contributed by atoms with Gasteiger partial charge in [-0.3, -0.25) is 10.1 Å². The quantitative estimate of drug-likeness (QED) is 0.573. The van der Waals surface area contributed by atoms with Gasteiger partial charge in [0.25, 0.3) is 0 Å². The molecule has 0 aromatic rings. The number of rotatable bonds is 4. The first kappa shape index (κ1) is 16.4. The van der Waals surface area contributed by atoms with E-state index in [4.69, 9.17) is 4.74 Å². The second kappa shape index (κ2) is 6.21. The smallest absolute Gasteiger partial charge is 0.408 e. The van der Waals surface area contributed by atoms with E-state index < -0.39 is 29.0 Å². The molecule has 0 bridgehead atoms. The minimum atomic E-state index is -1.34. The van der Waals surface area contributed by atoms with Crippen molar-refractivity contribution in [3.05, 3.63) is 0 Å². The largest absolute Gasteiger partial charge is 0.467 e. The van der Waals surface area contributed by atoms with Crippen LogP contribution >= 0.6 is 0 Å². The van der Waals surface area contributed by atoms with Crippen LogP contribution in [-0.4, -0.2) is 49.2 Å². The second-order valence-electron chi connectivity index (χ2n) is 5.71. The lowest BCUT2D eigenvalue weighted by molar-refractivity contribution is -0.152. The van der Waals surface area contributed by atoms with Crippen LogP contribution in [-0.2, 0) is 19.1 Å². The van der Waals surface area contributed by atoms with Gasteiger partial charge in [-0.1, -0.05) is 0 Å². The molecule has 2 N–H and O–H groups in total. The number of ketones is 1. The fraction of sp³-hybridized carbons (Fsp3) is 0.769. The molecule has 7 heteroatoms. The lowest BCUT2D eigenvalue weighted by Crippen LogP contribution is -2.58. The third-order valence-electron chi connectivity index (χ3n) is 2.96. The Morgan fingerprint density at radius 3 is 2.40 bits per heavy atom. The van der Waals surface area contributed by atoms with Crippen LogP contribution in [0.2, 0.25) is 0 Å². The predicted molar refractivity (Wildman–Crippen MR) is 71.2 cm³/mol. The molecule has 0 aliphatic carbocycles. The molecule has 0 radical (unpaired) electrons. The lowest BCUT2D eigenvalue weighted by atomic mass is 9.92. The van der Waals surface area contributed by atoms with Gasteiger partial charge in [0.05, 0.1) is 13.7 Å². The summed E-state index contributed by atoms with van der Waals surface area (Å²) >= 11 is 0. The molecule has 114 valence electrons. The first-order valence-corrected chi connectivity index (χ1v) is 6.55. The van der Waals surface area contributed by atoms with Crippen molar-refractivity contribution in [2.75, 3.05) is 20.2 Å². The van der Waals surface area contributed by atoms with Crippen molar-refractivity contribution in [2.45, 2.75) is 44.8 Å². The van der Waals surface area contributed by atoms with Crippen molar-refractivity contribution in [1.82, 2.24) is 10.6 Å². The van der Waals surface area contributed by atoms with E-state index in [0.29, 0.717) is 19.4 Å². The minimum absolute atomic E-state index is 0.281. The summed E-state index contributed by atoms with van der Waals surface area (Å²) in [6.07, 6.45) is 0.380. The molecular weight excluding hydrogens is 264 g/mol. The fourth-order valence-corrected chi connectivity index (χ4v) is 2.06. The number of alkyl carbamates (subject to hydrolysis) is 1. The van der Waals surface area contributed by atoms with E-state index in [2.05, 4.69) is 15.4 Å². The van der Waals surface area contributed by atoms with Crippen molar-refractivity contribution in [2.24, 2.45) is 0 Å². The fourth-order valence-electron chi connectivity index (χ4n) is 2.06. The summed E-state index contributed by atoms with van der Waals surface area (Å²) in [6.45, 7) is 5.46. The third-order valence-corrected chi connectivity index (χ3v) is 2.96. The predicted octanol–water partition coefficient (Wildman–Crippen LogP) is 0.375. The number of carbonyl (C=O) groups is 3. The number of esters is 1. The maximum atomic E-state index is 12.2. The summed E-state index contributed by atoms with van der Waals surface area (Å²) in [7, 11) is 1.23. The number of nitrogens with one attached hydrogen (secondary N) is 2. The van der Waals surface area contributed by atoms with Gasteiger partial charge in [0.2, 0.25) is 0 Å². The Bertz CT molecular complexity index is 394. The zero-order chi connectivity index (χ0) is 15.4. The van der Waals surface area contributed by atoms with Gasteiger partial charge in [-0.15, -0.1) is 0 Å². The summed E-state index contributed by atoms with van der Waals surface area (Å²) in [5.74, 6) is -1.04. The maximum absolute atomic E-state index is 12.2. The highest BCUT2D eigenvalue weighted by molar-refractivity contribution is 6.10. The van der Waals surface area contributed by atoms with Crippen LogP contribution in [0.15, 0.2) is 0 Å². The highest BCUT2D eigenvalue weighted by Gasteiger charge is 2.48. The molecule has 1 unspecified atom stereocenters. The molecule has 1 atom stereocenters. The van der Waals surface area contributed by atoms with Crippen molar-refractivity contribution in [3.63, 3.8) is 0 Å². The number of amides is 1. The Morgan fingerprint density at radius 1 is 1.30 bits per heavy atom. The zero-order valence-corrected chi connectivity index (χ0v) is 12.4.